The molecule has 2 aliphatic heterocycles. The summed E-state index contributed by atoms with van der Waals surface area (Å²) < 4.78 is 26.2. The molecule has 1 fully saturated rings. The maximum absolute atomic E-state index is 12.9. The van der Waals surface area contributed by atoms with Crippen molar-refractivity contribution >= 4 is 39.2 Å². The number of rotatable bonds is 3. The van der Waals surface area contributed by atoms with Gasteiger partial charge in [0.05, 0.1) is 17.6 Å². The van der Waals surface area contributed by atoms with Crippen LogP contribution in [0.15, 0.2) is 54.6 Å². The Morgan fingerprint density at radius 3 is 2.52 bits per heavy atom. The van der Waals surface area contributed by atoms with Crippen molar-refractivity contribution < 1.29 is 13.2 Å². The van der Waals surface area contributed by atoms with Gasteiger partial charge in [0.15, 0.2) is 5.82 Å². The van der Waals surface area contributed by atoms with Gasteiger partial charge < -0.3 is 4.90 Å². The minimum absolute atomic E-state index is 0.217. The average molecular weight is 486 g/mol. The Labute approximate surface area is 197 Å². The highest BCUT2D eigenvalue weighted by atomic mass is 35.5. The lowest BCUT2D eigenvalue weighted by molar-refractivity contribution is 0.173. The van der Waals surface area contributed by atoms with Gasteiger partial charge in [-0.1, -0.05) is 41.9 Å². The van der Waals surface area contributed by atoms with Crippen LogP contribution in [-0.2, 0) is 15.4 Å². The van der Waals surface area contributed by atoms with Crippen LogP contribution < -0.4 is 9.62 Å². The van der Waals surface area contributed by atoms with Crippen LogP contribution in [-0.4, -0.2) is 55.4 Å². The number of piperidine rings is 1. The molecular weight excluding hydrogens is 462 g/mol. The number of carbonyl (C=O) groups is 1. The summed E-state index contributed by atoms with van der Waals surface area (Å²) in [7, 11) is -3.36. The molecule has 2 amide bonds. The fourth-order valence-electron chi connectivity index (χ4n) is 4.80. The fraction of sp³-hybridized carbons (Fsp3) is 0.304. The third kappa shape index (κ3) is 4.06. The van der Waals surface area contributed by atoms with Crippen molar-refractivity contribution in [3.8, 4) is 11.3 Å². The highest BCUT2D eigenvalue weighted by molar-refractivity contribution is 7.92. The number of para-hydroxylation sites is 1. The van der Waals surface area contributed by atoms with Crippen LogP contribution in [0.25, 0.3) is 11.3 Å². The summed E-state index contributed by atoms with van der Waals surface area (Å²) in [5, 5.41) is 10.6. The van der Waals surface area contributed by atoms with Gasteiger partial charge in [0, 0.05) is 36.1 Å². The van der Waals surface area contributed by atoms with E-state index in [9.17, 15) is 13.2 Å². The van der Waals surface area contributed by atoms with Crippen LogP contribution in [0.1, 0.15) is 18.4 Å². The molecule has 10 heteroatoms. The highest BCUT2D eigenvalue weighted by Gasteiger charge is 2.47. The molecule has 2 N–H and O–H groups in total. The van der Waals surface area contributed by atoms with Gasteiger partial charge in [-0.05, 0) is 42.2 Å². The van der Waals surface area contributed by atoms with E-state index in [4.69, 9.17) is 11.6 Å². The summed E-state index contributed by atoms with van der Waals surface area (Å²) in [6, 6.07) is 16.6. The van der Waals surface area contributed by atoms with Gasteiger partial charge >= 0.3 is 6.03 Å². The van der Waals surface area contributed by atoms with Gasteiger partial charge in [0.2, 0.25) is 10.0 Å². The number of sulfonamides is 1. The van der Waals surface area contributed by atoms with Crippen molar-refractivity contribution in [2.45, 2.75) is 18.3 Å². The standard InChI is InChI=1S/C23H24ClN5O3S/c1-33(31,32)29-15-23(18-4-2-3-5-20(18)29)10-12-28(13-11-23)22(30)25-21-14-19(26-27-21)16-6-8-17(24)9-7-16/h2-9,14H,10-13,15H2,1H3,(H2,25,26,27,30). The van der Waals surface area contributed by atoms with E-state index in [0.717, 1.165) is 22.5 Å². The molecule has 2 aliphatic rings. The molecule has 0 unspecified atom stereocenters. The number of likely N-dealkylation sites (tertiary alicyclic amines) is 1. The first-order valence-electron chi connectivity index (χ1n) is 10.7. The Balaban J connectivity index is 1.26. The Bertz CT molecular complexity index is 1300. The summed E-state index contributed by atoms with van der Waals surface area (Å²) >= 11 is 5.94. The maximum Gasteiger partial charge on any atom is 0.323 e. The van der Waals surface area contributed by atoms with Crippen LogP contribution in [0.4, 0.5) is 16.3 Å². The van der Waals surface area contributed by atoms with Crippen molar-refractivity contribution in [2.24, 2.45) is 0 Å². The smallest absolute Gasteiger partial charge is 0.323 e. The van der Waals surface area contributed by atoms with Crippen molar-refractivity contribution in [2.75, 3.05) is 35.5 Å². The number of carbonyl (C=O) groups excluding carboxylic acids is 1. The molecule has 2 aromatic carbocycles. The van der Waals surface area contributed by atoms with Gasteiger partial charge in [-0.15, -0.1) is 0 Å². The van der Waals surface area contributed by atoms with E-state index in [-0.39, 0.29) is 11.4 Å². The molecule has 1 spiro atoms. The topological polar surface area (TPSA) is 98.4 Å². The number of anilines is 2. The summed E-state index contributed by atoms with van der Waals surface area (Å²) in [6.45, 7) is 1.49. The number of urea groups is 1. The maximum atomic E-state index is 12.9. The second-order valence-electron chi connectivity index (χ2n) is 8.66. The molecule has 172 valence electrons. The number of aromatic nitrogens is 2. The molecular formula is C23H24ClN5O3S. The van der Waals surface area contributed by atoms with E-state index in [1.54, 1.807) is 23.1 Å². The van der Waals surface area contributed by atoms with Gasteiger partial charge in [-0.25, -0.2) is 13.2 Å². The van der Waals surface area contributed by atoms with Crippen LogP contribution in [0.2, 0.25) is 5.02 Å². The number of hydrogen-bond acceptors (Lipinski definition) is 4. The van der Waals surface area contributed by atoms with Crippen LogP contribution in [0, 0.1) is 0 Å². The summed E-state index contributed by atoms with van der Waals surface area (Å²) in [5.74, 6) is 0.444. The Kier molecular flexibility index (Phi) is 5.33. The number of aromatic amines is 1. The molecule has 8 nitrogen and oxygen atoms in total. The van der Waals surface area contributed by atoms with Gasteiger partial charge in [-0.2, -0.15) is 5.10 Å². The molecule has 3 heterocycles. The number of fused-ring (bicyclic) bond motifs is 2. The van der Waals surface area contributed by atoms with E-state index in [2.05, 4.69) is 15.5 Å². The Morgan fingerprint density at radius 2 is 1.82 bits per heavy atom. The van der Waals surface area contributed by atoms with E-state index < -0.39 is 10.0 Å². The molecule has 0 saturated carbocycles. The lowest BCUT2D eigenvalue weighted by Crippen LogP contribution is -2.48. The summed E-state index contributed by atoms with van der Waals surface area (Å²) in [6.07, 6.45) is 2.63. The second kappa shape index (κ2) is 8.07. The molecule has 1 aromatic heterocycles. The molecule has 0 atom stereocenters. The van der Waals surface area contributed by atoms with Gasteiger partial charge in [0.25, 0.3) is 0 Å². The predicted molar refractivity (Wildman–Crippen MR) is 129 cm³/mol. The van der Waals surface area contributed by atoms with Gasteiger partial charge in [0.1, 0.15) is 0 Å². The molecule has 0 bridgehead atoms. The number of amides is 2. The number of halogens is 1. The van der Waals surface area contributed by atoms with Crippen molar-refractivity contribution in [1.29, 1.82) is 0 Å². The third-order valence-corrected chi connectivity index (χ3v) is 7.94. The quantitative estimate of drug-likeness (QED) is 0.584. The number of hydrogen-bond donors (Lipinski definition) is 2. The highest BCUT2D eigenvalue weighted by Crippen LogP contribution is 2.47. The molecule has 33 heavy (non-hydrogen) atoms. The van der Waals surface area contributed by atoms with E-state index in [1.807, 2.05) is 36.4 Å². The van der Waals surface area contributed by atoms with E-state index in [0.29, 0.717) is 43.3 Å². The average Bonchev–Trinajstić information content (AvgIpc) is 3.38. The molecule has 0 radical (unpaired) electrons. The molecule has 5 rings (SSSR count). The summed E-state index contributed by atoms with van der Waals surface area (Å²) in [5.41, 5.74) is 3.23. The zero-order valence-corrected chi connectivity index (χ0v) is 19.7. The number of H-pyrrole nitrogens is 1. The predicted octanol–water partition coefficient (Wildman–Crippen LogP) is 4.08. The second-order valence-corrected chi connectivity index (χ2v) is 11.0. The molecule has 3 aromatic rings. The number of nitrogens with zero attached hydrogens (tertiary/aromatic N) is 3. The molecule has 1 saturated heterocycles. The number of nitrogens with one attached hydrogen (secondary N) is 2. The Morgan fingerprint density at radius 1 is 1.12 bits per heavy atom. The summed E-state index contributed by atoms with van der Waals surface area (Å²) in [4.78, 5) is 14.6. The van der Waals surface area contributed by atoms with Crippen molar-refractivity contribution in [3.05, 3.63) is 65.2 Å². The fourth-order valence-corrected chi connectivity index (χ4v) is 5.92. The largest absolute Gasteiger partial charge is 0.324 e. The number of benzene rings is 2. The lowest BCUT2D eigenvalue weighted by Gasteiger charge is -2.39. The van der Waals surface area contributed by atoms with Crippen LogP contribution >= 0.6 is 11.6 Å². The van der Waals surface area contributed by atoms with E-state index >= 15 is 0 Å². The zero-order chi connectivity index (χ0) is 23.2. The van der Waals surface area contributed by atoms with Crippen molar-refractivity contribution in [1.82, 2.24) is 15.1 Å². The van der Waals surface area contributed by atoms with E-state index in [1.165, 1.54) is 10.6 Å². The minimum Gasteiger partial charge on any atom is -0.324 e. The molecule has 0 aliphatic carbocycles. The SMILES string of the molecule is CS(=O)(=O)N1CC2(CCN(C(=O)Nc3cc(-c4ccc(Cl)cc4)[nH]n3)CC2)c2ccccc21. The van der Waals surface area contributed by atoms with Crippen molar-refractivity contribution in [3.63, 3.8) is 0 Å². The van der Waals surface area contributed by atoms with Crippen LogP contribution in [0.3, 0.4) is 0 Å². The Hall–Kier alpha value is -3.04. The first kappa shape index (κ1) is 21.8. The third-order valence-electron chi connectivity index (χ3n) is 6.57. The van der Waals surface area contributed by atoms with Crippen LogP contribution in [0.5, 0.6) is 0 Å². The minimum atomic E-state index is -3.36. The normalized spacial score (nSPS) is 17.3. The first-order chi connectivity index (χ1) is 15.7. The van der Waals surface area contributed by atoms with Gasteiger partial charge in [-0.3, -0.25) is 14.7 Å². The first-order valence-corrected chi connectivity index (χ1v) is 12.9. The lowest BCUT2D eigenvalue weighted by atomic mass is 9.74. The monoisotopic (exact) mass is 485 g/mol. The zero-order valence-electron chi connectivity index (χ0n) is 18.1.